The molecule has 0 fully saturated rings. The van der Waals surface area contributed by atoms with Gasteiger partial charge in [0.1, 0.15) is 0 Å². The molecule has 0 aliphatic rings. The summed E-state index contributed by atoms with van der Waals surface area (Å²) < 4.78 is 0. The third-order valence-electron chi connectivity index (χ3n) is 2.85. The van der Waals surface area contributed by atoms with Gasteiger partial charge >= 0.3 is 0 Å². The van der Waals surface area contributed by atoms with Gasteiger partial charge in [-0.25, -0.2) is 4.98 Å². The lowest BCUT2D eigenvalue weighted by atomic mass is 10.1. The molecule has 3 nitrogen and oxygen atoms in total. The second kappa shape index (κ2) is 5.79. The number of rotatable bonds is 3. The van der Waals surface area contributed by atoms with E-state index in [1.807, 2.05) is 6.92 Å². The molecule has 19 heavy (non-hydrogen) atoms. The summed E-state index contributed by atoms with van der Waals surface area (Å²) in [5, 5.41) is 20.8. The van der Waals surface area contributed by atoms with Crippen molar-refractivity contribution in [1.29, 1.82) is 5.26 Å². The number of thioether (sulfide) groups is 1. The normalized spacial score (nSPS) is 14.1. The maximum absolute atomic E-state index is 9.53. The zero-order valence-electron chi connectivity index (χ0n) is 10.6. The molecule has 1 N–H and O–H groups in total. The Hall–Kier alpha value is -1.28. The van der Waals surface area contributed by atoms with E-state index in [1.165, 1.54) is 11.8 Å². The highest BCUT2D eigenvalue weighted by molar-refractivity contribution is 7.99. The lowest BCUT2D eigenvalue weighted by Crippen LogP contribution is -2.15. The van der Waals surface area contributed by atoms with Crippen LogP contribution in [0, 0.1) is 11.3 Å². The van der Waals surface area contributed by atoms with Crippen LogP contribution in [0.2, 0.25) is 5.02 Å². The van der Waals surface area contributed by atoms with Crippen molar-refractivity contribution in [3.05, 3.63) is 34.9 Å². The van der Waals surface area contributed by atoms with Gasteiger partial charge < -0.3 is 5.11 Å². The highest BCUT2D eigenvalue weighted by Crippen LogP contribution is 2.29. The summed E-state index contributed by atoms with van der Waals surface area (Å²) in [5.74, 6) is 0. The first kappa shape index (κ1) is 14.1. The maximum Gasteiger partial charge on any atom is 0.0999 e. The maximum atomic E-state index is 9.53. The van der Waals surface area contributed by atoms with Crippen molar-refractivity contribution in [3.8, 4) is 6.07 Å². The van der Waals surface area contributed by atoms with Gasteiger partial charge in [-0.2, -0.15) is 5.26 Å². The van der Waals surface area contributed by atoms with Crippen LogP contribution in [0.3, 0.4) is 0 Å². The van der Waals surface area contributed by atoms with Crippen LogP contribution in [-0.2, 0) is 0 Å². The fraction of sp³-hybridized carbons (Fsp3) is 0.286. The summed E-state index contributed by atoms with van der Waals surface area (Å²) in [7, 11) is 0. The molecule has 0 radical (unpaired) electrons. The quantitative estimate of drug-likeness (QED) is 0.878. The number of hydrogen-bond donors (Lipinski definition) is 1. The third-order valence-corrected chi connectivity index (χ3v) is 4.31. The number of fused-ring (bicyclic) bond motifs is 1. The molecule has 0 saturated heterocycles. The molecule has 0 aliphatic carbocycles. The third kappa shape index (κ3) is 3.19. The molecule has 0 amide bonds. The summed E-state index contributed by atoms with van der Waals surface area (Å²) in [4.78, 5) is 4.49. The summed E-state index contributed by atoms with van der Waals surface area (Å²) in [6.07, 6.45) is -0.432. The van der Waals surface area contributed by atoms with E-state index in [0.717, 1.165) is 15.9 Å². The minimum Gasteiger partial charge on any atom is -0.392 e. The Balaban J connectivity index is 2.49. The molecule has 1 aromatic heterocycles. The van der Waals surface area contributed by atoms with E-state index in [9.17, 15) is 10.4 Å². The van der Waals surface area contributed by atoms with Crippen LogP contribution < -0.4 is 0 Å². The predicted molar refractivity (Wildman–Crippen MR) is 78.5 cm³/mol. The Kier molecular flexibility index (Phi) is 4.31. The van der Waals surface area contributed by atoms with Gasteiger partial charge in [0.25, 0.3) is 0 Å². The zero-order valence-corrected chi connectivity index (χ0v) is 12.2. The van der Waals surface area contributed by atoms with Crippen LogP contribution in [0.15, 0.2) is 29.3 Å². The average molecular weight is 293 g/mol. The Morgan fingerprint density at radius 3 is 2.74 bits per heavy atom. The summed E-state index contributed by atoms with van der Waals surface area (Å²) in [6, 6.07) is 9.20. The van der Waals surface area contributed by atoms with Crippen LogP contribution in [-0.4, -0.2) is 21.4 Å². The van der Waals surface area contributed by atoms with E-state index in [-0.39, 0.29) is 5.25 Å². The van der Waals surface area contributed by atoms with Crippen molar-refractivity contribution in [2.24, 2.45) is 0 Å². The van der Waals surface area contributed by atoms with Crippen molar-refractivity contribution in [3.63, 3.8) is 0 Å². The van der Waals surface area contributed by atoms with Gasteiger partial charge in [0.15, 0.2) is 0 Å². The van der Waals surface area contributed by atoms with Crippen molar-refractivity contribution in [2.45, 2.75) is 30.2 Å². The molecule has 2 rings (SSSR count). The molecule has 0 saturated carbocycles. The van der Waals surface area contributed by atoms with Crippen LogP contribution >= 0.6 is 23.4 Å². The highest BCUT2D eigenvalue weighted by Gasteiger charge is 2.13. The van der Waals surface area contributed by atoms with Crippen molar-refractivity contribution >= 4 is 34.3 Å². The smallest absolute Gasteiger partial charge is 0.0999 e. The first-order valence-electron chi connectivity index (χ1n) is 5.86. The number of aromatic nitrogens is 1. The van der Waals surface area contributed by atoms with Crippen LogP contribution in [0.25, 0.3) is 10.9 Å². The number of aliphatic hydroxyl groups is 1. The second-order valence-corrected chi connectivity index (χ2v) is 6.18. The van der Waals surface area contributed by atoms with E-state index in [1.54, 1.807) is 31.2 Å². The standard InChI is InChI=1S/C14H13ClN2OS/c1-8(18)9(2)19-14-5-10(7-16)12-6-11(15)3-4-13(12)17-14/h3-6,8-9,18H,1-2H3. The van der Waals surface area contributed by atoms with Gasteiger partial charge in [-0.3, -0.25) is 0 Å². The molecule has 0 aliphatic heterocycles. The number of halogens is 1. The fourth-order valence-corrected chi connectivity index (χ4v) is 2.70. The minimum absolute atomic E-state index is 0.0174. The van der Waals surface area contributed by atoms with Crippen LogP contribution in [0.1, 0.15) is 19.4 Å². The van der Waals surface area contributed by atoms with Gasteiger partial charge in [0, 0.05) is 15.7 Å². The lowest BCUT2D eigenvalue weighted by Gasteiger charge is -2.14. The Bertz CT molecular complexity index is 652. The van der Waals surface area contributed by atoms with E-state index < -0.39 is 6.10 Å². The zero-order chi connectivity index (χ0) is 14.0. The fourth-order valence-electron chi connectivity index (χ4n) is 1.62. The average Bonchev–Trinajstić information content (AvgIpc) is 2.38. The molecule has 2 atom stereocenters. The topological polar surface area (TPSA) is 56.9 Å². The van der Waals surface area contributed by atoms with Gasteiger partial charge in [-0.15, -0.1) is 11.8 Å². The predicted octanol–water partition coefficient (Wildman–Crippen LogP) is 3.62. The number of benzene rings is 1. The van der Waals surface area contributed by atoms with Crippen molar-refractivity contribution in [2.75, 3.05) is 0 Å². The number of nitrogens with zero attached hydrogens (tertiary/aromatic N) is 2. The van der Waals surface area contributed by atoms with Crippen LogP contribution in [0.5, 0.6) is 0 Å². The first-order valence-corrected chi connectivity index (χ1v) is 7.12. The largest absolute Gasteiger partial charge is 0.392 e. The molecule has 2 aromatic rings. The van der Waals surface area contributed by atoms with Gasteiger partial charge in [-0.1, -0.05) is 18.5 Å². The van der Waals surface area contributed by atoms with E-state index in [2.05, 4.69) is 11.1 Å². The molecule has 2 unspecified atom stereocenters. The number of hydrogen-bond acceptors (Lipinski definition) is 4. The summed E-state index contributed by atoms with van der Waals surface area (Å²) in [5.41, 5.74) is 1.29. The SMILES string of the molecule is CC(O)C(C)Sc1cc(C#N)c2cc(Cl)ccc2n1. The number of pyridine rings is 1. The molecule has 98 valence electrons. The van der Waals surface area contributed by atoms with Crippen molar-refractivity contribution in [1.82, 2.24) is 4.98 Å². The second-order valence-electron chi connectivity index (χ2n) is 4.34. The molecule has 1 aromatic carbocycles. The highest BCUT2D eigenvalue weighted by atomic mass is 35.5. The van der Waals surface area contributed by atoms with Gasteiger partial charge in [0.2, 0.25) is 0 Å². The first-order chi connectivity index (χ1) is 9.01. The van der Waals surface area contributed by atoms with E-state index >= 15 is 0 Å². The Morgan fingerprint density at radius 1 is 1.37 bits per heavy atom. The molecule has 1 heterocycles. The summed E-state index contributed by atoms with van der Waals surface area (Å²) in [6.45, 7) is 3.67. The number of aliphatic hydroxyl groups excluding tert-OH is 1. The molecular formula is C14H13ClN2OS. The molecule has 0 bridgehead atoms. The summed E-state index contributed by atoms with van der Waals surface area (Å²) >= 11 is 7.39. The minimum atomic E-state index is -0.432. The van der Waals surface area contributed by atoms with E-state index in [4.69, 9.17) is 11.6 Å². The van der Waals surface area contributed by atoms with Crippen LogP contribution in [0.4, 0.5) is 0 Å². The Morgan fingerprint density at radius 2 is 2.11 bits per heavy atom. The van der Waals surface area contributed by atoms with Gasteiger partial charge in [-0.05, 0) is 31.2 Å². The molecule has 5 heteroatoms. The van der Waals surface area contributed by atoms with Crippen molar-refractivity contribution < 1.29 is 5.11 Å². The van der Waals surface area contributed by atoms with Gasteiger partial charge in [0.05, 0.1) is 28.3 Å². The Labute approximate surface area is 121 Å². The molecular weight excluding hydrogens is 280 g/mol. The van der Waals surface area contributed by atoms with E-state index in [0.29, 0.717) is 10.6 Å². The molecule has 0 spiro atoms. The lowest BCUT2D eigenvalue weighted by molar-refractivity contribution is 0.196. The monoisotopic (exact) mass is 292 g/mol. The number of nitriles is 1.